The molecule has 1 aliphatic rings. The van der Waals surface area contributed by atoms with Crippen LogP contribution in [0.15, 0.2) is 76.8 Å². The van der Waals surface area contributed by atoms with Crippen LogP contribution in [0.3, 0.4) is 0 Å². The number of hydrogen-bond acceptors (Lipinski definition) is 3. The minimum absolute atomic E-state index is 0.197. The van der Waals surface area contributed by atoms with Crippen molar-refractivity contribution in [2.75, 3.05) is 0 Å². The summed E-state index contributed by atoms with van der Waals surface area (Å²) in [4.78, 5) is 17.2. The quantitative estimate of drug-likeness (QED) is 0.666. The largest absolute Gasteiger partial charge is 0.317 e. The second-order valence-corrected chi connectivity index (χ2v) is 7.13. The van der Waals surface area contributed by atoms with Crippen LogP contribution in [-0.4, -0.2) is 15.6 Å². The highest BCUT2D eigenvalue weighted by molar-refractivity contribution is 8.18. The third kappa shape index (κ3) is 3.85. The first-order chi connectivity index (χ1) is 13.1. The van der Waals surface area contributed by atoms with E-state index in [4.69, 9.17) is 0 Å². The molecule has 0 unspecified atom stereocenters. The van der Waals surface area contributed by atoms with Crippen molar-refractivity contribution in [3.8, 4) is 5.69 Å². The summed E-state index contributed by atoms with van der Waals surface area (Å²) in [5, 5.41) is 3.23. The van der Waals surface area contributed by atoms with Gasteiger partial charge in [0.2, 0.25) is 0 Å². The fraction of sp³-hybridized carbons (Fsp3) is 0.0476. The molecule has 1 amide bonds. The molecule has 0 saturated carbocycles. The topological polar surface area (TPSA) is 46.4 Å². The predicted octanol–water partition coefficient (Wildman–Crippen LogP) is 4.82. The Labute approximate surface area is 160 Å². The van der Waals surface area contributed by atoms with Gasteiger partial charge in [0.15, 0.2) is 5.17 Å². The van der Waals surface area contributed by atoms with Crippen LogP contribution in [0.1, 0.15) is 11.3 Å². The summed E-state index contributed by atoms with van der Waals surface area (Å²) in [7, 11) is 0. The van der Waals surface area contributed by atoms with Gasteiger partial charge < -0.3 is 9.88 Å². The molecule has 134 valence electrons. The average Bonchev–Trinajstić information content (AvgIpc) is 3.25. The summed E-state index contributed by atoms with van der Waals surface area (Å²) in [6, 6.07) is 17.9. The predicted molar refractivity (Wildman–Crippen MR) is 108 cm³/mol. The van der Waals surface area contributed by atoms with Crippen LogP contribution >= 0.6 is 11.8 Å². The number of amidine groups is 1. The zero-order valence-corrected chi connectivity index (χ0v) is 15.3. The molecule has 2 heterocycles. The number of carbonyl (C=O) groups excluding carboxylic acids is 1. The van der Waals surface area contributed by atoms with Gasteiger partial charge in [-0.2, -0.15) is 0 Å². The van der Waals surface area contributed by atoms with Gasteiger partial charge in [-0.1, -0.05) is 17.7 Å². The van der Waals surface area contributed by atoms with Gasteiger partial charge in [0.05, 0.1) is 10.6 Å². The zero-order chi connectivity index (χ0) is 18.8. The summed E-state index contributed by atoms with van der Waals surface area (Å²) < 4.78 is 15.0. The molecule has 2 aromatic carbocycles. The number of carbonyl (C=O) groups is 1. The average molecular weight is 377 g/mol. The van der Waals surface area contributed by atoms with Crippen molar-refractivity contribution in [3.05, 3.63) is 88.8 Å². The Morgan fingerprint density at radius 2 is 1.81 bits per heavy atom. The maximum Gasteiger partial charge on any atom is 0.264 e. The second-order valence-electron chi connectivity index (χ2n) is 6.10. The Bertz CT molecular complexity index is 1050. The van der Waals surface area contributed by atoms with Crippen molar-refractivity contribution in [2.45, 2.75) is 6.92 Å². The van der Waals surface area contributed by atoms with Gasteiger partial charge in [0, 0.05) is 17.6 Å². The normalized spacial score (nSPS) is 16.9. The molecule has 1 N–H and O–H groups in total. The summed E-state index contributed by atoms with van der Waals surface area (Å²) in [6.07, 6.45) is 3.80. The Morgan fingerprint density at radius 3 is 2.56 bits per heavy atom. The minimum Gasteiger partial charge on any atom is -0.317 e. The van der Waals surface area contributed by atoms with Crippen molar-refractivity contribution in [2.24, 2.45) is 4.99 Å². The highest BCUT2D eigenvalue weighted by atomic mass is 32.2. The molecule has 3 aromatic rings. The van der Waals surface area contributed by atoms with E-state index in [0.717, 1.165) is 11.4 Å². The molecule has 0 bridgehead atoms. The van der Waals surface area contributed by atoms with E-state index in [1.165, 1.54) is 29.5 Å². The van der Waals surface area contributed by atoms with Crippen molar-refractivity contribution < 1.29 is 9.18 Å². The van der Waals surface area contributed by atoms with Crippen LogP contribution < -0.4 is 5.32 Å². The first kappa shape index (κ1) is 17.3. The lowest BCUT2D eigenvalue weighted by molar-refractivity contribution is -0.115. The molecule has 0 spiro atoms. The van der Waals surface area contributed by atoms with Gasteiger partial charge in [0.25, 0.3) is 5.91 Å². The molecule has 0 atom stereocenters. The van der Waals surface area contributed by atoms with Crippen LogP contribution in [-0.2, 0) is 4.79 Å². The van der Waals surface area contributed by atoms with Crippen LogP contribution in [0.2, 0.25) is 0 Å². The van der Waals surface area contributed by atoms with Crippen LogP contribution in [0.4, 0.5) is 10.1 Å². The number of halogens is 1. The molecule has 1 fully saturated rings. The lowest BCUT2D eigenvalue weighted by Crippen LogP contribution is -2.19. The standard InChI is InChI=1S/C21H16FN3OS/c1-14-4-10-17(11-5-14)25-12-2-3-18(25)13-19-20(26)24-21(27-19)23-16-8-6-15(22)7-9-16/h2-13H,1H3,(H,23,24,26)/b19-13+. The molecule has 4 rings (SSSR count). The van der Waals surface area contributed by atoms with Gasteiger partial charge in [-0.05, 0) is 73.3 Å². The number of nitrogens with zero attached hydrogens (tertiary/aromatic N) is 2. The molecule has 1 aliphatic heterocycles. The van der Waals surface area contributed by atoms with Gasteiger partial charge in [-0.3, -0.25) is 4.79 Å². The SMILES string of the molecule is Cc1ccc(-n2cccc2/C=C2/SC(=Nc3ccc(F)cc3)NC2=O)cc1. The van der Waals surface area contributed by atoms with E-state index < -0.39 is 0 Å². The van der Waals surface area contributed by atoms with Gasteiger partial charge in [-0.25, -0.2) is 9.38 Å². The first-order valence-corrected chi connectivity index (χ1v) is 9.20. The molecular weight excluding hydrogens is 361 g/mol. The number of thioether (sulfide) groups is 1. The second kappa shape index (κ2) is 7.25. The molecule has 27 heavy (non-hydrogen) atoms. The third-order valence-corrected chi connectivity index (χ3v) is 4.99. The Balaban J connectivity index is 1.60. The molecule has 6 heteroatoms. The van der Waals surface area contributed by atoms with E-state index in [0.29, 0.717) is 15.8 Å². The minimum atomic E-state index is -0.320. The van der Waals surface area contributed by atoms with E-state index in [9.17, 15) is 9.18 Å². The number of hydrogen-bond donors (Lipinski definition) is 1. The number of nitrogens with one attached hydrogen (secondary N) is 1. The number of aliphatic imine (C=N–C) groups is 1. The van der Waals surface area contributed by atoms with Crippen molar-refractivity contribution in [1.29, 1.82) is 0 Å². The fourth-order valence-electron chi connectivity index (χ4n) is 2.70. The summed E-state index contributed by atoms with van der Waals surface area (Å²) in [5.41, 5.74) is 3.71. The Kier molecular flexibility index (Phi) is 4.64. The number of amides is 1. The Morgan fingerprint density at radius 1 is 1.07 bits per heavy atom. The maximum atomic E-state index is 13.0. The monoisotopic (exact) mass is 377 g/mol. The lowest BCUT2D eigenvalue weighted by atomic mass is 10.2. The maximum absolute atomic E-state index is 13.0. The molecule has 1 aromatic heterocycles. The number of benzene rings is 2. The molecule has 4 nitrogen and oxygen atoms in total. The van der Waals surface area contributed by atoms with Crippen LogP contribution in [0.25, 0.3) is 11.8 Å². The van der Waals surface area contributed by atoms with E-state index in [1.54, 1.807) is 12.1 Å². The first-order valence-electron chi connectivity index (χ1n) is 8.38. The van der Waals surface area contributed by atoms with Gasteiger partial charge in [0.1, 0.15) is 5.82 Å². The number of rotatable bonds is 3. The summed E-state index contributed by atoms with van der Waals surface area (Å²) >= 11 is 1.27. The van der Waals surface area contributed by atoms with Gasteiger partial charge in [-0.15, -0.1) is 0 Å². The van der Waals surface area contributed by atoms with E-state index in [1.807, 2.05) is 48.0 Å². The zero-order valence-electron chi connectivity index (χ0n) is 14.5. The van der Waals surface area contributed by atoms with Crippen molar-refractivity contribution >= 4 is 34.6 Å². The lowest BCUT2D eigenvalue weighted by Gasteiger charge is -2.07. The van der Waals surface area contributed by atoms with Crippen LogP contribution in [0, 0.1) is 12.7 Å². The van der Waals surface area contributed by atoms with E-state index in [2.05, 4.69) is 22.4 Å². The summed E-state index contributed by atoms with van der Waals surface area (Å²) in [6.45, 7) is 2.05. The highest BCUT2D eigenvalue weighted by Crippen LogP contribution is 2.28. The van der Waals surface area contributed by atoms with E-state index in [-0.39, 0.29) is 11.7 Å². The van der Waals surface area contributed by atoms with Crippen molar-refractivity contribution in [1.82, 2.24) is 9.88 Å². The molecule has 1 saturated heterocycles. The number of aromatic nitrogens is 1. The summed E-state index contributed by atoms with van der Waals surface area (Å²) in [5.74, 6) is -0.517. The third-order valence-electron chi connectivity index (χ3n) is 4.08. The van der Waals surface area contributed by atoms with E-state index >= 15 is 0 Å². The smallest absolute Gasteiger partial charge is 0.264 e. The molecule has 0 radical (unpaired) electrons. The van der Waals surface area contributed by atoms with Crippen LogP contribution in [0.5, 0.6) is 0 Å². The number of aryl methyl sites for hydroxylation is 1. The Hall–Kier alpha value is -3.12. The molecular formula is C21H16FN3OS. The molecule has 0 aliphatic carbocycles. The highest BCUT2D eigenvalue weighted by Gasteiger charge is 2.24. The van der Waals surface area contributed by atoms with Gasteiger partial charge >= 0.3 is 0 Å². The fourth-order valence-corrected chi connectivity index (χ4v) is 3.53. The van der Waals surface area contributed by atoms with Crippen molar-refractivity contribution in [3.63, 3.8) is 0 Å².